The zero-order valence-corrected chi connectivity index (χ0v) is 12.7. The molecule has 0 saturated carbocycles. The number of thiophene rings is 1. The number of fused-ring (bicyclic) bond motifs is 1. The SMILES string of the molecule is COCC(O)CN(C)C(=O)c1sc2ccccc2c1C. The Bertz CT molecular complexity index is 608. The summed E-state index contributed by atoms with van der Waals surface area (Å²) in [6.45, 7) is 2.45. The molecule has 1 N–H and O–H groups in total. The van der Waals surface area contributed by atoms with Crippen LogP contribution in [0.25, 0.3) is 10.1 Å². The lowest BCUT2D eigenvalue weighted by atomic mass is 10.1. The lowest BCUT2D eigenvalue weighted by Crippen LogP contribution is -2.36. The van der Waals surface area contributed by atoms with Gasteiger partial charge in [0.05, 0.1) is 17.6 Å². The lowest BCUT2D eigenvalue weighted by molar-refractivity contribution is 0.0382. The van der Waals surface area contributed by atoms with Crippen molar-refractivity contribution in [2.45, 2.75) is 13.0 Å². The molecule has 1 aromatic heterocycles. The zero-order chi connectivity index (χ0) is 14.7. The highest BCUT2D eigenvalue weighted by Crippen LogP contribution is 2.31. The Hall–Kier alpha value is -1.43. The quantitative estimate of drug-likeness (QED) is 0.920. The molecule has 1 aromatic carbocycles. The molecule has 1 amide bonds. The number of carbonyl (C=O) groups excluding carboxylic acids is 1. The molecule has 2 aromatic rings. The minimum Gasteiger partial charge on any atom is -0.389 e. The molecule has 0 bridgehead atoms. The summed E-state index contributed by atoms with van der Waals surface area (Å²) in [5.74, 6) is -0.0566. The van der Waals surface area contributed by atoms with E-state index in [9.17, 15) is 9.90 Å². The number of likely N-dealkylation sites (N-methyl/N-ethyl adjacent to an activating group) is 1. The summed E-state index contributed by atoms with van der Waals surface area (Å²) in [4.78, 5) is 14.7. The standard InChI is InChI=1S/C15H19NO3S/c1-10-12-6-4-5-7-13(12)20-14(10)15(18)16(2)8-11(17)9-19-3/h4-7,11,17H,8-9H2,1-3H3. The lowest BCUT2D eigenvalue weighted by Gasteiger charge is -2.20. The highest BCUT2D eigenvalue weighted by molar-refractivity contribution is 7.21. The van der Waals surface area contributed by atoms with Crippen LogP contribution >= 0.6 is 11.3 Å². The number of aliphatic hydroxyl groups is 1. The molecule has 0 aliphatic rings. The summed E-state index contributed by atoms with van der Waals surface area (Å²) in [6.07, 6.45) is -0.663. The molecule has 0 saturated heterocycles. The summed E-state index contributed by atoms with van der Waals surface area (Å²) in [6, 6.07) is 7.99. The maximum atomic E-state index is 12.5. The van der Waals surface area contributed by atoms with Gasteiger partial charge in [0.25, 0.3) is 5.91 Å². The van der Waals surface area contributed by atoms with Crippen LogP contribution in [0.3, 0.4) is 0 Å². The Labute approximate surface area is 122 Å². The zero-order valence-electron chi connectivity index (χ0n) is 11.9. The van der Waals surface area contributed by atoms with E-state index in [0.29, 0.717) is 0 Å². The number of ether oxygens (including phenoxy) is 1. The predicted molar refractivity (Wildman–Crippen MR) is 81.4 cm³/mol. The van der Waals surface area contributed by atoms with Crippen molar-refractivity contribution >= 4 is 27.3 Å². The van der Waals surface area contributed by atoms with Gasteiger partial charge in [0, 0.05) is 25.4 Å². The maximum absolute atomic E-state index is 12.5. The molecule has 0 spiro atoms. The molecule has 0 fully saturated rings. The summed E-state index contributed by atoms with van der Waals surface area (Å²) in [5.41, 5.74) is 1.00. The molecule has 0 radical (unpaired) electrons. The summed E-state index contributed by atoms with van der Waals surface area (Å²) < 4.78 is 5.99. The highest BCUT2D eigenvalue weighted by Gasteiger charge is 2.20. The van der Waals surface area contributed by atoms with Crippen LogP contribution in [0.4, 0.5) is 0 Å². The molecule has 1 unspecified atom stereocenters. The molecule has 20 heavy (non-hydrogen) atoms. The first kappa shape index (κ1) is 15.0. The van der Waals surface area contributed by atoms with Gasteiger partial charge in [-0.15, -0.1) is 11.3 Å². The van der Waals surface area contributed by atoms with Crippen molar-refractivity contribution in [3.05, 3.63) is 34.7 Å². The van der Waals surface area contributed by atoms with Gasteiger partial charge in [-0.05, 0) is 23.9 Å². The van der Waals surface area contributed by atoms with E-state index in [1.165, 1.54) is 18.4 Å². The number of benzene rings is 1. The van der Waals surface area contributed by atoms with Gasteiger partial charge >= 0.3 is 0 Å². The van der Waals surface area contributed by atoms with Crippen LogP contribution in [0.1, 0.15) is 15.2 Å². The first-order valence-corrected chi connectivity index (χ1v) is 7.26. The average Bonchev–Trinajstić information content (AvgIpc) is 2.76. The molecular weight excluding hydrogens is 274 g/mol. The first-order valence-electron chi connectivity index (χ1n) is 6.45. The number of aryl methyl sites for hydroxylation is 1. The van der Waals surface area contributed by atoms with Crippen molar-refractivity contribution in [1.29, 1.82) is 0 Å². The van der Waals surface area contributed by atoms with Crippen LogP contribution in [0, 0.1) is 6.92 Å². The third-order valence-corrected chi connectivity index (χ3v) is 4.49. The van der Waals surface area contributed by atoms with Crippen molar-refractivity contribution in [2.75, 3.05) is 27.3 Å². The Morgan fingerprint density at radius 2 is 2.15 bits per heavy atom. The van der Waals surface area contributed by atoms with E-state index >= 15 is 0 Å². The second-order valence-electron chi connectivity index (χ2n) is 4.85. The number of aliphatic hydroxyl groups excluding tert-OH is 1. The Balaban J connectivity index is 2.20. The van der Waals surface area contributed by atoms with Gasteiger partial charge in [0.1, 0.15) is 0 Å². The van der Waals surface area contributed by atoms with E-state index in [1.54, 1.807) is 11.9 Å². The van der Waals surface area contributed by atoms with Gasteiger partial charge in [0.15, 0.2) is 0 Å². The monoisotopic (exact) mass is 293 g/mol. The normalized spacial score (nSPS) is 12.6. The minimum absolute atomic E-state index is 0.0566. The van der Waals surface area contributed by atoms with Crippen LogP contribution in [0.2, 0.25) is 0 Å². The number of hydrogen-bond acceptors (Lipinski definition) is 4. The Kier molecular flexibility index (Phi) is 4.75. The van der Waals surface area contributed by atoms with Gasteiger partial charge in [-0.25, -0.2) is 0 Å². The first-order chi connectivity index (χ1) is 9.54. The van der Waals surface area contributed by atoms with E-state index in [2.05, 4.69) is 0 Å². The molecule has 1 heterocycles. The van der Waals surface area contributed by atoms with E-state index in [4.69, 9.17) is 4.74 Å². The van der Waals surface area contributed by atoms with Gasteiger partial charge in [-0.1, -0.05) is 18.2 Å². The van der Waals surface area contributed by atoms with E-state index < -0.39 is 6.10 Å². The fourth-order valence-corrected chi connectivity index (χ4v) is 3.40. The average molecular weight is 293 g/mol. The molecule has 5 heteroatoms. The van der Waals surface area contributed by atoms with Crippen molar-refractivity contribution in [3.8, 4) is 0 Å². The second kappa shape index (κ2) is 6.35. The number of rotatable bonds is 5. The topological polar surface area (TPSA) is 49.8 Å². The Morgan fingerprint density at radius 1 is 1.45 bits per heavy atom. The van der Waals surface area contributed by atoms with Crippen molar-refractivity contribution < 1.29 is 14.6 Å². The van der Waals surface area contributed by atoms with Gasteiger partial charge < -0.3 is 14.7 Å². The molecular formula is C15H19NO3S. The van der Waals surface area contributed by atoms with Gasteiger partial charge in [-0.2, -0.15) is 0 Å². The maximum Gasteiger partial charge on any atom is 0.264 e. The molecule has 108 valence electrons. The van der Waals surface area contributed by atoms with E-state index in [0.717, 1.165) is 20.5 Å². The smallest absolute Gasteiger partial charge is 0.264 e. The second-order valence-corrected chi connectivity index (χ2v) is 5.90. The third-order valence-electron chi connectivity index (χ3n) is 3.23. The van der Waals surface area contributed by atoms with Crippen molar-refractivity contribution in [3.63, 3.8) is 0 Å². The third kappa shape index (κ3) is 3.00. The van der Waals surface area contributed by atoms with E-state index in [1.807, 2.05) is 31.2 Å². The number of hydrogen-bond donors (Lipinski definition) is 1. The highest BCUT2D eigenvalue weighted by atomic mass is 32.1. The Morgan fingerprint density at radius 3 is 2.80 bits per heavy atom. The van der Waals surface area contributed by atoms with Gasteiger partial charge in [-0.3, -0.25) is 4.79 Å². The fraction of sp³-hybridized carbons (Fsp3) is 0.400. The van der Waals surface area contributed by atoms with Crippen LogP contribution in [0.15, 0.2) is 24.3 Å². The fourth-order valence-electron chi connectivity index (χ4n) is 2.20. The van der Waals surface area contributed by atoms with Crippen LogP contribution < -0.4 is 0 Å². The number of carbonyl (C=O) groups is 1. The van der Waals surface area contributed by atoms with E-state index in [-0.39, 0.29) is 19.1 Å². The number of methoxy groups -OCH3 is 1. The number of nitrogens with zero attached hydrogens (tertiary/aromatic N) is 1. The summed E-state index contributed by atoms with van der Waals surface area (Å²) in [5, 5.41) is 10.8. The van der Waals surface area contributed by atoms with Crippen LogP contribution in [0.5, 0.6) is 0 Å². The van der Waals surface area contributed by atoms with Crippen LogP contribution in [-0.2, 0) is 4.74 Å². The molecule has 2 rings (SSSR count). The predicted octanol–water partition coefficient (Wildman–Crippen LogP) is 2.29. The summed E-state index contributed by atoms with van der Waals surface area (Å²) in [7, 11) is 3.23. The minimum atomic E-state index is -0.663. The molecule has 0 aliphatic heterocycles. The molecule has 0 aliphatic carbocycles. The van der Waals surface area contributed by atoms with Gasteiger partial charge in [0.2, 0.25) is 0 Å². The van der Waals surface area contributed by atoms with Crippen molar-refractivity contribution in [2.24, 2.45) is 0 Å². The van der Waals surface area contributed by atoms with Crippen LogP contribution in [-0.4, -0.2) is 49.3 Å². The largest absolute Gasteiger partial charge is 0.389 e. The number of amides is 1. The summed E-state index contributed by atoms with van der Waals surface area (Å²) >= 11 is 1.50. The molecule has 1 atom stereocenters. The van der Waals surface area contributed by atoms with Crippen molar-refractivity contribution in [1.82, 2.24) is 4.90 Å². The molecule has 4 nitrogen and oxygen atoms in total.